The van der Waals surface area contributed by atoms with Crippen molar-refractivity contribution in [1.29, 1.82) is 5.26 Å². The molecule has 2 aromatic heterocycles. The summed E-state index contributed by atoms with van der Waals surface area (Å²) < 4.78 is 0. The van der Waals surface area contributed by atoms with Crippen molar-refractivity contribution in [2.24, 2.45) is 5.92 Å². The monoisotopic (exact) mass is 331 g/mol. The zero-order chi connectivity index (χ0) is 17.8. The van der Waals surface area contributed by atoms with E-state index in [0.717, 1.165) is 17.7 Å². The Morgan fingerprint density at radius 3 is 2.48 bits per heavy atom. The zero-order valence-corrected chi connectivity index (χ0v) is 14.7. The number of rotatable bonds is 5. The van der Waals surface area contributed by atoms with Crippen molar-refractivity contribution in [2.45, 2.75) is 27.2 Å². The van der Waals surface area contributed by atoms with Crippen LogP contribution in [0.4, 0.5) is 11.6 Å². The average molecular weight is 331 g/mol. The normalized spacial score (nSPS) is 10.7. The van der Waals surface area contributed by atoms with Crippen LogP contribution in [0, 0.1) is 24.2 Å². The van der Waals surface area contributed by atoms with E-state index in [1.54, 1.807) is 12.1 Å². The number of pyridine rings is 1. The molecule has 25 heavy (non-hydrogen) atoms. The standard InChI is InChI=1S/C20H21N5/c1-13(2)10-15-4-6-16(7-5-15)20-17(12-21)8-9-18(23-20)22-19-11-14(3)24-25-19/h4-9,11,13H,10H2,1-3H3,(H2,22,23,24,25). The third-order valence-electron chi connectivity index (χ3n) is 3.85. The van der Waals surface area contributed by atoms with Crippen molar-refractivity contribution < 1.29 is 0 Å². The fraction of sp³-hybridized carbons (Fsp3) is 0.250. The molecule has 0 fully saturated rings. The van der Waals surface area contributed by atoms with Gasteiger partial charge < -0.3 is 5.32 Å². The lowest BCUT2D eigenvalue weighted by atomic mass is 9.99. The molecule has 0 radical (unpaired) electrons. The van der Waals surface area contributed by atoms with Gasteiger partial charge in [-0.05, 0) is 37.0 Å². The van der Waals surface area contributed by atoms with Gasteiger partial charge in [0.25, 0.3) is 0 Å². The summed E-state index contributed by atoms with van der Waals surface area (Å²) in [7, 11) is 0. The van der Waals surface area contributed by atoms with Gasteiger partial charge in [-0.15, -0.1) is 0 Å². The highest BCUT2D eigenvalue weighted by Crippen LogP contribution is 2.25. The third-order valence-corrected chi connectivity index (χ3v) is 3.85. The Bertz CT molecular complexity index is 901. The Hall–Kier alpha value is -3.13. The summed E-state index contributed by atoms with van der Waals surface area (Å²) in [4.78, 5) is 4.62. The van der Waals surface area contributed by atoms with E-state index in [1.807, 2.05) is 25.1 Å². The summed E-state index contributed by atoms with van der Waals surface area (Å²) in [5.41, 5.74) is 4.43. The molecule has 0 atom stereocenters. The summed E-state index contributed by atoms with van der Waals surface area (Å²) in [5, 5.41) is 19.6. The van der Waals surface area contributed by atoms with Crippen LogP contribution in [-0.2, 0) is 6.42 Å². The van der Waals surface area contributed by atoms with Gasteiger partial charge >= 0.3 is 0 Å². The van der Waals surface area contributed by atoms with E-state index in [-0.39, 0.29) is 0 Å². The molecular weight excluding hydrogens is 310 g/mol. The Kier molecular flexibility index (Phi) is 4.80. The topological polar surface area (TPSA) is 77.4 Å². The lowest BCUT2D eigenvalue weighted by Crippen LogP contribution is -1.98. The molecule has 0 saturated carbocycles. The molecule has 0 spiro atoms. The van der Waals surface area contributed by atoms with Crippen molar-refractivity contribution in [3.05, 3.63) is 59.3 Å². The first-order valence-corrected chi connectivity index (χ1v) is 8.34. The second kappa shape index (κ2) is 7.18. The predicted octanol–water partition coefficient (Wildman–Crippen LogP) is 4.59. The van der Waals surface area contributed by atoms with Gasteiger partial charge in [0.1, 0.15) is 11.9 Å². The number of benzene rings is 1. The smallest absolute Gasteiger partial charge is 0.153 e. The van der Waals surface area contributed by atoms with Crippen LogP contribution in [0.15, 0.2) is 42.5 Å². The number of nitrogens with one attached hydrogen (secondary N) is 2. The average Bonchev–Trinajstić information content (AvgIpc) is 3.00. The molecule has 3 rings (SSSR count). The molecule has 0 saturated heterocycles. The van der Waals surface area contributed by atoms with Gasteiger partial charge in [-0.3, -0.25) is 5.10 Å². The van der Waals surface area contributed by atoms with Crippen molar-refractivity contribution >= 4 is 11.6 Å². The summed E-state index contributed by atoms with van der Waals surface area (Å²) in [6, 6.07) is 16.0. The van der Waals surface area contributed by atoms with Crippen molar-refractivity contribution in [2.75, 3.05) is 5.32 Å². The largest absolute Gasteiger partial charge is 0.323 e. The molecule has 0 aliphatic carbocycles. The Labute approximate surface area is 147 Å². The maximum Gasteiger partial charge on any atom is 0.153 e. The number of H-pyrrole nitrogens is 1. The van der Waals surface area contributed by atoms with Gasteiger partial charge in [-0.2, -0.15) is 10.4 Å². The van der Waals surface area contributed by atoms with Crippen LogP contribution in [0.25, 0.3) is 11.3 Å². The lowest BCUT2D eigenvalue weighted by Gasteiger charge is -2.09. The third kappa shape index (κ3) is 4.04. The predicted molar refractivity (Wildman–Crippen MR) is 99.5 cm³/mol. The van der Waals surface area contributed by atoms with E-state index in [1.165, 1.54) is 5.56 Å². The molecule has 2 N–H and O–H groups in total. The number of hydrogen-bond acceptors (Lipinski definition) is 4. The Balaban J connectivity index is 1.91. The molecule has 0 unspecified atom stereocenters. The summed E-state index contributed by atoms with van der Waals surface area (Å²) in [6.07, 6.45) is 1.04. The second-order valence-corrected chi connectivity index (χ2v) is 6.56. The molecule has 0 aliphatic heterocycles. The maximum absolute atomic E-state index is 9.41. The van der Waals surface area contributed by atoms with Gasteiger partial charge in [0.05, 0.1) is 11.3 Å². The van der Waals surface area contributed by atoms with Gasteiger partial charge in [-0.1, -0.05) is 38.1 Å². The van der Waals surface area contributed by atoms with E-state index in [4.69, 9.17) is 0 Å². The number of aromatic amines is 1. The first-order valence-electron chi connectivity index (χ1n) is 8.34. The SMILES string of the molecule is Cc1cc(Nc2ccc(C#N)c(-c3ccc(CC(C)C)cc3)n2)n[nH]1. The van der Waals surface area contributed by atoms with Gasteiger partial charge in [0.15, 0.2) is 5.82 Å². The molecule has 5 nitrogen and oxygen atoms in total. The van der Waals surface area contributed by atoms with Crippen molar-refractivity contribution in [3.63, 3.8) is 0 Å². The minimum absolute atomic E-state index is 0.556. The van der Waals surface area contributed by atoms with Gasteiger partial charge in [0.2, 0.25) is 0 Å². The molecule has 1 aromatic carbocycles. The zero-order valence-electron chi connectivity index (χ0n) is 14.7. The number of aryl methyl sites for hydroxylation is 1. The quantitative estimate of drug-likeness (QED) is 0.716. The number of aromatic nitrogens is 3. The Morgan fingerprint density at radius 2 is 1.88 bits per heavy atom. The maximum atomic E-state index is 9.41. The molecule has 5 heteroatoms. The number of hydrogen-bond donors (Lipinski definition) is 2. The van der Waals surface area contributed by atoms with Crippen LogP contribution in [0.2, 0.25) is 0 Å². The summed E-state index contributed by atoms with van der Waals surface area (Å²) in [6.45, 7) is 6.35. The highest BCUT2D eigenvalue weighted by atomic mass is 15.2. The van der Waals surface area contributed by atoms with E-state index < -0.39 is 0 Å². The van der Waals surface area contributed by atoms with Gasteiger partial charge in [0, 0.05) is 17.3 Å². The van der Waals surface area contributed by atoms with Crippen LogP contribution in [0.1, 0.15) is 30.7 Å². The first kappa shape index (κ1) is 16.7. The fourth-order valence-electron chi connectivity index (χ4n) is 2.72. The van der Waals surface area contributed by atoms with Crippen LogP contribution < -0.4 is 5.32 Å². The number of anilines is 2. The van der Waals surface area contributed by atoms with Crippen molar-refractivity contribution in [3.8, 4) is 17.3 Å². The highest BCUT2D eigenvalue weighted by Gasteiger charge is 2.10. The van der Waals surface area contributed by atoms with E-state index in [9.17, 15) is 5.26 Å². The number of nitriles is 1. The van der Waals surface area contributed by atoms with E-state index >= 15 is 0 Å². The molecule has 126 valence electrons. The number of nitrogens with zero attached hydrogens (tertiary/aromatic N) is 3. The first-order chi connectivity index (χ1) is 12.0. The molecule has 0 bridgehead atoms. The minimum Gasteiger partial charge on any atom is -0.323 e. The van der Waals surface area contributed by atoms with Crippen LogP contribution in [0.3, 0.4) is 0 Å². The van der Waals surface area contributed by atoms with Gasteiger partial charge in [-0.25, -0.2) is 4.98 Å². The molecular formula is C20H21N5. The van der Waals surface area contributed by atoms with E-state index in [0.29, 0.717) is 28.8 Å². The fourth-order valence-corrected chi connectivity index (χ4v) is 2.72. The Morgan fingerprint density at radius 1 is 1.12 bits per heavy atom. The molecule has 3 aromatic rings. The minimum atomic E-state index is 0.556. The molecule has 0 amide bonds. The summed E-state index contributed by atoms with van der Waals surface area (Å²) >= 11 is 0. The second-order valence-electron chi connectivity index (χ2n) is 6.56. The highest BCUT2D eigenvalue weighted by molar-refractivity contribution is 5.69. The van der Waals surface area contributed by atoms with E-state index in [2.05, 4.69) is 52.5 Å². The van der Waals surface area contributed by atoms with Crippen LogP contribution in [0.5, 0.6) is 0 Å². The van der Waals surface area contributed by atoms with Crippen LogP contribution in [-0.4, -0.2) is 15.2 Å². The molecule has 2 heterocycles. The van der Waals surface area contributed by atoms with Crippen LogP contribution >= 0.6 is 0 Å². The summed E-state index contributed by atoms with van der Waals surface area (Å²) in [5.74, 6) is 1.98. The lowest BCUT2D eigenvalue weighted by molar-refractivity contribution is 0.647. The molecule has 0 aliphatic rings. The van der Waals surface area contributed by atoms with Crippen molar-refractivity contribution in [1.82, 2.24) is 15.2 Å².